The van der Waals surface area contributed by atoms with E-state index in [2.05, 4.69) is 0 Å². The maximum absolute atomic E-state index is 11.7. The first-order valence-corrected chi connectivity index (χ1v) is 6.25. The van der Waals surface area contributed by atoms with Gasteiger partial charge in [-0.2, -0.15) is 0 Å². The van der Waals surface area contributed by atoms with Gasteiger partial charge in [0.2, 0.25) is 0 Å². The topological polar surface area (TPSA) is 44.8 Å². The summed E-state index contributed by atoms with van der Waals surface area (Å²) in [5.41, 5.74) is 2.35. The summed E-state index contributed by atoms with van der Waals surface area (Å²) in [5.74, 6) is -0.353. The first-order valence-electron chi connectivity index (χ1n) is 6.25. The van der Waals surface area contributed by atoms with Crippen LogP contribution in [0.4, 0.5) is 0 Å². The monoisotopic (exact) mass is 276 g/mol. The fraction of sp³-hybridized carbons (Fsp3) is 0.312. The predicted octanol–water partition coefficient (Wildman–Crippen LogP) is 2.79. The Kier molecular flexibility index (Phi) is 7.32. The first kappa shape index (κ1) is 16.1. The molecule has 0 unspecified atom stereocenters. The largest absolute Gasteiger partial charge is 0.465 e. The highest BCUT2D eigenvalue weighted by Crippen LogP contribution is 2.14. The third kappa shape index (κ3) is 5.38. The minimum absolute atomic E-state index is 0.353. The van der Waals surface area contributed by atoms with E-state index >= 15 is 0 Å². The Labute approximate surface area is 119 Å². The number of carbonyl (C=O) groups is 1. The molecule has 4 heteroatoms. The molecule has 0 fully saturated rings. The average molecular weight is 276 g/mol. The number of hydrogen-bond donors (Lipinski definition) is 0. The summed E-state index contributed by atoms with van der Waals surface area (Å²) in [5, 5.41) is 0. The molecule has 0 saturated heterocycles. The summed E-state index contributed by atoms with van der Waals surface area (Å²) in [6.07, 6.45) is 7.59. The molecule has 1 aromatic rings. The smallest absolute Gasteiger partial charge is 0.337 e. The van der Waals surface area contributed by atoms with Crippen LogP contribution in [0.25, 0.3) is 12.2 Å². The van der Waals surface area contributed by atoms with Gasteiger partial charge in [-0.3, -0.25) is 0 Å². The van der Waals surface area contributed by atoms with Gasteiger partial charge in [0.25, 0.3) is 0 Å². The fourth-order valence-electron chi connectivity index (χ4n) is 1.67. The Bertz CT molecular complexity index is 455. The number of benzene rings is 1. The molecular weight excluding hydrogens is 256 g/mol. The van der Waals surface area contributed by atoms with E-state index in [4.69, 9.17) is 14.2 Å². The number of rotatable bonds is 7. The van der Waals surface area contributed by atoms with Crippen LogP contribution in [-0.4, -0.2) is 40.5 Å². The van der Waals surface area contributed by atoms with Gasteiger partial charge in [0, 0.05) is 14.2 Å². The molecule has 108 valence electrons. The number of hydrogen-bond acceptors (Lipinski definition) is 4. The van der Waals surface area contributed by atoms with Crippen molar-refractivity contribution in [3.8, 4) is 0 Å². The Balaban J connectivity index is 3.04. The minimum atomic E-state index is -0.353. The lowest BCUT2D eigenvalue weighted by molar-refractivity contribution is 0.0600. The second kappa shape index (κ2) is 9.07. The summed E-state index contributed by atoms with van der Waals surface area (Å²) >= 11 is 0. The molecule has 0 N–H and O–H groups in total. The van der Waals surface area contributed by atoms with Crippen molar-refractivity contribution >= 4 is 18.1 Å². The Morgan fingerprint density at radius 2 is 1.45 bits per heavy atom. The third-order valence-electron chi connectivity index (χ3n) is 2.55. The van der Waals surface area contributed by atoms with E-state index in [0.29, 0.717) is 18.8 Å². The quantitative estimate of drug-likeness (QED) is 0.718. The third-order valence-corrected chi connectivity index (χ3v) is 2.55. The van der Waals surface area contributed by atoms with Crippen LogP contribution in [0.1, 0.15) is 21.5 Å². The molecule has 20 heavy (non-hydrogen) atoms. The van der Waals surface area contributed by atoms with Gasteiger partial charge in [-0.15, -0.1) is 0 Å². The van der Waals surface area contributed by atoms with Crippen LogP contribution in [0, 0.1) is 0 Å². The van der Waals surface area contributed by atoms with E-state index < -0.39 is 0 Å². The fourth-order valence-corrected chi connectivity index (χ4v) is 1.67. The standard InChI is InChI=1S/C16H20O4/c1-18-8-4-6-13-10-14(7-5-9-19-2)12-15(11-13)16(17)20-3/h4-7,10-12H,8-9H2,1-3H3. The number of carbonyl (C=O) groups excluding carboxylic acids is 1. The molecule has 0 bridgehead atoms. The first-order chi connectivity index (χ1) is 9.71. The molecule has 0 heterocycles. The molecule has 0 aromatic heterocycles. The van der Waals surface area contributed by atoms with Crippen molar-refractivity contribution in [1.82, 2.24) is 0 Å². The molecule has 0 radical (unpaired) electrons. The molecule has 4 nitrogen and oxygen atoms in total. The van der Waals surface area contributed by atoms with Crippen LogP contribution in [-0.2, 0) is 14.2 Å². The van der Waals surface area contributed by atoms with Gasteiger partial charge in [-0.05, 0) is 29.3 Å². The van der Waals surface area contributed by atoms with Gasteiger partial charge in [0.15, 0.2) is 0 Å². The summed E-state index contributed by atoms with van der Waals surface area (Å²) in [6.45, 7) is 1.05. The van der Waals surface area contributed by atoms with E-state index in [1.54, 1.807) is 26.4 Å². The van der Waals surface area contributed by atoms with E-state index in [1.165, 1.54) is 7.11 Å². The maximum atomic E-state index is 11.7. The lowest BCUT2D eigenvalue weighted by atomic mass is 10.0. The van der Waals surface area contributed by atoms with Crippen LogP contribution in [0.3, 0.4) is 0 Å². The van der Waals surface area contributed by atoms with Gasteiger partial charge in [-0.25, -0.2) is 4.79 Å². The molecular formula is C16H20O4. The van der Waals surface area contributed by atoms with Crippen LogP contribution < -0.4 is 0 Å². The highest BCUT2D eigenvalue weighted by molar-refractivity contribution is 5.91. The summed E-state index contributed by atoms with van der Waals surface area (Å²) in [7, 11) is 4.64. The summed E-state index contributed by atoms with van der Waals surface area (Å²) in [4.78, 5) is 11.7. The van der Waals surface area contributed by atoms with Crippen molar-refractivity contribution in [1.29, 1.82) is 0 Å². The van der Waals surface area contributed by atoms with Gasteiger partial charge < -0.3 is 14.2 Å². The Morgan fingerprint density at radius 3 is 1.85 bits per heavy atom. The van der Waals surface area contributed by atoms with E-state index in [-0.39, 0.29) is 5.97 Å². The molecule has 1 aromatic carbocycles. The average Bonchev–Trinajstić information content (AvgIpc) is 2.47. The zero-order chi connectivity index (χ0) is 14.8. The number of esters is 1. The summed E-state index contributed by atoms with van der Waals surface area (Å²) < 4.78 is 14.7. The molecule has 0 spiro atoms. The second-order valence-corrected chi connectivity index (χ2v) is 4.10. The van der Waals surface area contributed by atoms with Crippen LogP contribution >= 0.6 is 0 Å². The van der Waals surface area contributed by atoms with Gasteiger partial charge in [0.1, 0.15) is 0 Å². The molecule has 0 aliphatic rings. The Hall–Kier alpha value is -1.91. The van der Waals surface area contributed by atoms with Crippen LogP contribution in [0.2, 0.25) is 0 Å². The molecule has 1 rings (SSSR count). The second-order valence-electron chi connectivity index (χ2n) is 4.10. The molecule has 0 atom stereocenters. The zero-order valence-corrected chi connectivity index (χ0v) is 12.1. The van der Waals surface area contributed by atoms with Crippen molar-refractivity contribution in [3.63, 3.8) is 0 Å². The normalized spacial score (nSPS) is 11.3. The van der Waals surface area contributed by atoms with Crippen LogP contribution in [0.15, 0.2) is 30.4 Å². The molecule has 0 aliphatic carbocycles. The van der Waals surface area contributed by atoms with Crippen molar-refractivity contribution in [2.45, 2.75) is 0 Å². The highest BCUT2D eigenvalue weighted by Gasteiger charge is 2.06. The summed E-state index contributed by atoms with van der Waals surface area (Å²) in [6, 6.07) is 5.54. The SMILES string of the molecule is COCC=Cc1cc(C=CCOC)cc(C(=O)OC)c1. The molecule has 0 aliphatic heterocycles. The van der Waals surface area contributed by atoms with Gasteiger partial charge >= 0.3 is 5.97 Å². The van der Waals surface area contributed by atoms with E-state index in [1.807, 2.05) is 30.4 Å². The molecule has 0 saturated carbocycles. The minimum Gasteiger partial charge on any atom is -0.465 e. The number of ether oxygens (including phenoxy) is 3. The maximum Gasteiger partial charge on any atom is 0.337 e. The van der Waals surface area contributed by atoms with E-state index in [9.17, 15) is 4.79 Å². The number of methoxy groups -OCH3 is 3. The molecule has 0 amide bonds. The Morgan fingerprint density at radius 1 is 0.950 bits per heavy atom. The van der Waals surface area contributed by atoms with Crippen molar-refractivity contribution in [2.24, 2.45) is 0 Å². The van der Waals surface area contributed by atoms with Gasteiger partial charge in [-0.1, -0.05) is 24.3 Å². The zero-order valence-electron chi connectivity index (χ0n) is 12.1. The van der Waals surface area contributed by atoms with Crippen molar-refractivity contribution in [3.05, 3.63) is 47.0 Å². The lowest BCUT2D eigenvalue weighted by Crippen LogP contribution is -2.02. The highest BCUT2D eigenvalue weighted by atomic mass is 16.5. The van der Waals surface area contributed by atoms with Crippen molar-refractivity contribution in [2.75, 3.05) is 34.5 Å². The lowest BCUT2D eigenvalue weighted by Gasteiger charge is -2.04. The van der Waals surface area contributed by atoms with E-state index in [0.717, 1.165) is 11.1 Å². The van der Waals surface area contributed by atoms with Crippen molar-refractivity contribution < 1.29 is 19.0 Å². The predicted molar refractivity (Wildman–Crippen MR) is 79.6 cm³/mol. The van der Waals surface area contributed by atoms with Crippen LogP contribution in [0.5, 0.6) is 0 Å². The van der Waals surface area contributed by atoms with Gasteiger partial charge in [0.05, 0.1) is 25.9 Å².